The van der Waals surface area contributed by atoms with Gasteiger partial charge in [-0.3, -0.25) is 0 Å². The number of nitrogens with zero attached hydrogens (tertiary/aromatic N) is 2. The number of ether oxygens (including phenoxy) is 1. The first-order valence-electron chi connectivity index (χ1n) is 7.12. The largest absolute Gasteiger partial charge is 0.478 e. The van der Waals surface area contributed by atoms with E-state index in [1.54, 1.807) is 0 Å². The zero-order valence-corrected chi connectivity index (χ0v) is 12.7. The quantitative estimate of drug-likeness (QED) is 0.880. The fourth-order valence-electron chi connectivity index (χ4n) is 2.35. The number of H-pyrrole nitrogens is 1. The summed E-state index contributed by atoms with van der Waals surface area (Å²) >= 11 is 0. The van der Waals surface area contributed by atoms with Gasteiger partial charge in [0.15, 0.2) is 5.65 Å². The normalized spacial score (nSPS) is 13.7. The van der Waals surface area contributed by atoms with Crippen molar-refractivity contribution in [3.63, 3.8) is 0 Å². The molecule has 2 aromatic rings. The number of pyridine rings is 1. The number of nitrogens with one attached hydrogen (secondary N) is 1. The molecule has 0 spiro atoms. The van der Waals surface area contributed by atoms with Gasteiger partial charge in [-0.1, -0.05) is 20.8 Å². The van der Waals surface area contributed by atoms with Crippen molar-refractivity contribution in [3.05, 3.63) is 18.0 Å². The van der Waals surface area contributed by atoms with Crippen molar-refractivity contribution in [2.24, 2.45) is 11.1 Å². The van der Waals surface area contributed by atoms with Crippen molar-refractivity contribution < 1.29 is 4.74 Å². The van der Waals surface area contributed by atoms with Crippen LogP contribution in [0.15, 0.2) is 12.1 Å². The highest BCUT2D eigenvalue weighted by Gasteiger charge is 2.22. The summed E-state index contributed by atoms with van der Waals surface area (Å²) in [5, 5.41) is 0. The van der Waals surface area contributed by atoms with Gasteiger partial charge in [-0.15, -0.1) is 0 Å². The van der Waals surface area contributed by atoms with Gasteiger partial charge in [-0.2, -0.15) is 4.98 Å². The molecule has 5 nitrogen and oxygen atoms in total. The molecule has 0 aliphatic heterocycles. The topological polar surface area (TPSA) is 76.8 Å². The van der Waals surface area contributed by atoms with Crippen LogP contribution in [-0.2, 0) is 0 Å². The van der Waals surface area contributed by atoms with E-state index in [0.29, 0.717) is 24.7 Å². The lowest BCUT2D eigenvalue weighted by molar-refractivity contribution is 0.328. The number of aromatic nitrogens is 3. The molecule has 1 unspecified atom stereocenters. The van der Waals surface area contributed by atoms with Crippen molar-refractivity contribution in [3.8, 4) is 5.88 Å². The van der Waals surface area contributed by atoms with Crippen LogP contribution in [0.1, 0.15) is 45.9 Å². The minimum Gasteiger partial charge on any atom is -0.478 e. The Balaban J connectivity index is 2.29. The smallest absolute Gasteiger partial charge is 0.215 e. The summed E-state index contributed by atoms with van der Waals surface area (Å²) in [7, 11) is 0. The van der Waals surface area contributed by atoms with Crippen LogP contribution < -0.4 is 10.5 Å². The number of rotatable bonds is 5. The Morgan fingerprint density at radius 3 is 2.65 bits per heavy atom. The standard InChI is InChI=1S/C15H24N4O/c1-5-20-12-7-6-11-14(18-12)19-13(17-11)10(9-16)8-15(2,3)4/h6-7,10H,5,8-9,16H2,1-4H3,(H,17,18,19). The van der Waals surface area contributed by atoms with Crippen molar-refractivity contribution in [1.82, 2.24) is 15.0 Å². The predicted octanol–water partition coefficient (Wildman–Crippen LogP) is 2.84. The third-order valence-corrected chi connectivity index (χ3v) is 3.16. The Bertz CT molecular complexity index is 571. The van der Waals surface area contributed by atoms with E-state index in [1.165, 1.54) is 0 Å². The molecular formula is C15H24N4O. The maximum absolute atomic E-state index is 5.91. The second-order valence-corrected chi connectivity index (χ2v) is 6.27. The number of nitrogens with two attached hydrogens (primary N) is 1. The summed E-state index contributed by atoms with van der Waals surface area (Å²) in [6.07, 6.45) is 0.988. The molecule has 0 bridgehead atoms. The lowest BCUT2D eigenvalue weighted by atomic mass is 9.84. The molecule has 5 heteroatoms. The summed E-state index contributed by atoms with van der Waals surface area (Å²) in [6, 6.07) is 3.81. The van der Waals surface area contributed by atoms with E-state index in [0.717, 1.165) is 17.8 Å². The van der Waals surface area contributed by atoms with Crippen LogP contribution in [0.4, 0.5) is 0 Å². The van der Waals surface area contributed by atoms with Crippen LogP contribution in [0.5, 0.6) is 5.88 Å². The molecule has 0 fully saturated rings. The van der Waals surface area contributed by atoms with Crippen LogP contribution in [0.2, 0.25) is 0 Å². The Kier molecular flexibility index (Phi) is 4.28. The summed E-state index contributed by atoms with van der Waals surface area (Å²) in [4.78, 5) is 12.3. The molecule has 2 heterocycles. The first-order chi connectivity index (χ1) is 9.43. The predicted molar refractivity (Wildman–Crippen MR) is 80.9 cm³/mol. The highest BCUT2D eigenvalue weighted by atomic mass is 16.5. The average Bonchev–Trinajstić information content (AvgIpc) is 2.78. The molecule has 1 atom stereocenters. The summed E-state index contributed by atoms with van der Waals surface area (Å²) in [5.74, 6) is 1.75. The zero-order valence-electron chi connectivity index (χ0n) is 12.7. The lowest BCUT2D eigenvalue weighted by Crippen LogP contribution is -2.20. The Morgan fingerprint density at radius 1 is 1.30 bits per heavy atom. The first kappa shape index (κ1) is 14.8. The van der Waals surface area contributed by atoms with Crippen molar-refractivity contribution >= 4 is 11.2 Å². The molecular weight excluding hydrogens is 252 g/mol. The molecule has 0 aliphatic rings. The highest BCUT2D eigenvalue weighted by molar-refractivity contribution is 5.71. The molecule has 0 aromatic carbocycles. The number of hydrogen-bond acceptors (Lipinski definition) is 4. The van der Waals surface area contributed by atoms with Crippen molar-refractivity contribution in [1.29, 1.82) is 0 Å². The van der Waals surface area contributed by atoms with Crippen LogP contribution in [0, 0.1) is 5.41 Å². The molecule has 0 saturated heterocycles. The molecule has 0 aliphatic carbocycles. The zero-order chi connectivity index (χ0) is 14.8. The second kappa shape index (κ2) is 5.79. The maximum Gasteiger partial charge on any atom is 0.215 e. The SMILES string of the molecule is CCOc1ccc2[nH]c(C(CN)CC(C)(C)C)nc2n1. The van der Waals surface area contributed by atoms with Gasteiger partial charge in [0.05, 0.1) is 12.1 Å². The third-order valence-electron chi connectivity index (χ3n) is 3.16. The van der Waals surface area contributed by atoms with Crippen molar-refractivity contribution in [2.75, 3.05) is 13.2 Å². The van der Waals surface area contributed by atoms with E-state index in [4.69, 9.17) is 10.5 Å². The van der Waals surface area contributed by atoms with E-state index in [9.17, 15) is 0 Å². The Hall–Kier alpha value is -1.62. The van der Waals surface area contributed by atoms with Gasteiger partial charge in [-0.25, -0.2) is 4.98 Å². The van der Waals surface area contributed by atoms with Crippen LogP contribution >= 0.6 is 0 Å². The number of hydrogen-bond donors (Lipinski definition) is 2. The average molecular weight is 276 g/mol. The highest BCUT2D eigenvalue weighted by Crippen LogP contribution is 2.30. The van der Waals surface area contributed by atoms with Gasteiger partial charge >= 0.3 is 0 Å². The van der Waals surface area contributed by atoms with E-state index in [2.05, 4.69) is 35.7 Å². The first-order valence-corrected chi connectivity index (χ1v) is 7.12. The van der Waals surface area contributed by atoms with Crippen LogP contribution in [0.25, 0.3) is 11.2 Å². The fraction of sp³-hybridized carbons (Fsp3) is 0.600. The molecule has 20 heavy (non-hydrogen) atoms. The fourth-order valence-corrected chi connectivity index (χ4v) is 2.35. The van der Waals surface area contributed by atoms with E-state index in [1.807, 2.05) is 19.1 Å². The summed E-state index contributed by atoms with van der Waals surface area (Å²) < 4.78 is 5.40. The Morgan fingerprint density at radius 2 is 2.05 bits per heavy atom. The lowest BCUT2D eigenvalue weighted by Gasteiger charge is -2.23. The van der Waals surface area contributed by atoms with Crippen LogP contribution in [0.3, 0.4) is 0 Å². The van der Waals surface area contributed by atoms with Crippen LogP contribution in [-0.4, -0.2) is 28.1 Å². The molecule has 110 valence electrons. The number of aromatic amines is 1. The van der Waals surface area contributed by atoms with Gasteiger partial charge < -0.3 is 15.5 Å². The van der Waals surface area contributed by atoms with Gasteiger partial charge in [0, 0.05) is 18.5 Å². The molecule has 0 amide bonds. The number of imidazole rings is 1. The third kappa shape index (κ3) is 3.48. The summed E-state index contributed by atoms with van der Waals surface area (Å²) in [5.41, 5.74) is 7.74. The monoisotopic (exact) mass is 276 g/mol. The minimum atomic E-state index is 0.215. The molecule has 0 radical (unpaired) electrons. The Labute approximate surface area is 119 Å². The molecule has 2 rings (SSSR count). The minimum absolute atomic E-state index is 0.215. The van der Waals surface area contributed by atoms with Gasteiger partial charge in [0.2, 0.25) is 5.88 Å². The summed E-state index contributed by atoms with van der Waals surface area (Å²) in [6.45, 7) is 9.76. The van der Waals surface area contributed by atoms with Gasteiger partial charge in [0.25, 0.3) is 0 Å². The number of fused-ring (bicyclic) bond motifs is 1. The van der Waals surface area contributed by atoms with Gasteiger partial charge in [0.1, 0.15) is 5.82 Å². The van der Waals surface area contributed by atoms with Gasteiger partial charge in [-0.05, 0) is 24.8 Å². The van der Waals surface area contributed by atoms with Crippen molar-refractivity contribution in [2.45, 2.75) is 40.0 Å². The van der Waals surface area contributed by atoms with E-state index >= 15 is 0 Å². The van der Waals surface area contributed by atoms with E-state index < -0.39 is 0 Å². The second-order valence-electron chi connectivity index (χ2n) is 6.27. The molecule has 0 saturated carbocycles. The maximum atomic E-state index is 5.91. The van der Waals surface area contributed by atoms with E-state index in [-0.39, 0.29) is 11.3 Å². The molecule has 3 N–H and O–H groups in total. The molecule has 2 aromatic heterocycles.